The Kier molecular flexibility index (Phi) is 3.53. The van der Waals surface area contributed by atoms with Gasteiger partial charge in [0.05, 0.1) is 4.47 Å². The maximum atomic E-state index is 13.8. The fourth-order valence-corrected chi connectivity index (χ4v) is 3.89. The third-order valence-corrected chi connectivity index (χ3v) is 5.22. The Morgan fingerprint density at radius 3 is 2.76 bits per heavy atom. The van der Waals surface area contributed by atoms with Crippen molar-refractivity contribution in [2.24, 2.45) is 5.73 Å². The highest BCUT2D eigenvalue weighted by molar-refractivity contribution is 9.10. The summed E-state index contributed by atoms with van der Waals surface area (Å²) in [7, 11) is -3.78. The first-order valence-corrected chi connectivity index (χ1v) is 7.36. The molecular weight excluding hydrogens is 311 g/mol. The lowest BCUT2D eigenvalue weighted by Gasteiger charge is -2.16. The van der Waals surface area contributed by atoms with Crippen molar-refractivity contribution in [3.63, 3.8) is 0 Å². The standard InChI is InChI=1S/C10H12BrFN2O2S/c11-8-2-1-3-9(10(8)12)17(15,16)14-5-4-7(13)6-14/h1-3,7H,4-6,13H2/t7-/m1/s1. The van der Waals surface area contributed by atoms with Gasteiger partial charge >= 0.3 is 0 Å². The summed E-state index contributed by atoms with van der Waals surface area (Å²) in [6, 6.07) is 4.05. The summed E-state index contributed by atoms with van der Waals surface area (Å²) in [6.45, 7) is 0.587. The van der Waals surface area contributed by atoms with E-state index in [4.69, 9.17) is 5.73 Å². The highest BCUT2D eigenvalue weighted by atomic mass is 79.9. The van der Waals surface area contributed by atoms with Crippen LogP contribution in [0.5, 0.6) is 0 Å². The van der Waals surface area contributed by atoms with Crippen LogP contribution in [0.1, 0.15) is 6.42 Å². The van der Waals surface area contributed by atoms with Crippen molar-refractivity contribution in [3.8, 4) is 0 Å². The number of halogens is 2. The van der Waals surface area contributed by atoms with Gasteiger partial charge in [0.1, 0.15) is 4.90 Å². The molecule has 4 nitrogen and oxygen atoms in total. The molecule has 0 saturated carbocycles. The Labute approximate surface area is 108 Å². The van der Waals surface area contributed by atoms with Crippen LogP contribution in [0.25, 0.3) is 0 Å². The molecule has 1 aliphatic rings. The second kappa shape index (κ2) is 4.64. The van der Waals surface area contributed by atoms with Gasteiger partial charge in [-0.25, -0.2) is 12.8 Å². The van der Waals surface area contributed by atoms with Crippen LogP contribution in [0.15, 0.2) is 27.6 Å². The number of benzene rings is 1. The average Bonchev–Trinajstić information content (AvgIpc) is 2.69. The van der Waals surface area contributed by atoms with E-state index >= 15 is 0 Å². The minimum absolute atomic E-state index is 0.141. The second-order valence-corrected chi connectivity index (χ2v) is 6.72. The zero-order chi connectivity index (χ0) is 12.6. The van der Waals surface area contributed by atoms with Crippen LogP contribution in [-0.2, 0) is 10.0 Å². The molecule has 1 heterocycles. The van der Waals surface area contributed by atoms with Crippen molar-refractivity contribution in [2.45, 2.75) is 17.4 Å². The van der Waals surface area contributed by atoms with Crippen LogP contribution in [0, 0.1) is 5.82 Å². The molecular formula is C10H12BrFN2O2S. The molecule has 1 atom stereocenters. The number of hydrogen-bond acceptors (Lipinski definition) is 3. The van der Waals surface area contributed by atoms with Gasteiger partial charge in [-0.15, -0.1) is 0 Å². The van der Waals surface area contributed by atoms with Gasteiger partial charge < -0.3 is 5.73 Å². The molecule has 0 spiro atoms. The van der Waals surface area contributed by atoms with E-state index in [1.54, 1.807) is 0 Å². The van der Waals surface area contributed by atoms with Gasteiger partial charge in [0, 0.05) is 19.1 Å². The maximum Gasteiger partial charge on any atom is 0.246 e. The fourth-order valence-electron chi connectivity index (χ4n) is 1.79. The van der Waals surface area contributed by atoms with Crippen molar-refractivity contribution in [3.05, 3.63) is 28.5 Å². The molecule has 0 unspecified atom stereocenters. The summed E-state index contributed by atoms with van der Waals surface area (Å²) < 4.78 is 39.5. The normalized spacial score (nSPS) is 21.9. The molecule has 0 aliphatic carbocycles. The molecule has 1 saturated heterocycles. The lowest BCUT2D eigenvalue weighted by molar-refractivity contribution is 0.464. The van der Waals surface area contributed by atoms with E-state index in [-0.39, 0.29) is 22.0 Å². The molecule has 0 bridgehead atoms. The molecule has 2 rings (SSSR count). The van der Waals surface area contributed by atoms with Crippen molar-refractivity contribution in [2.75, 3.05) is 13.1 Å². The monoisotopic (exact) mass is 322 g/mol. The van der Waals surface area contributed by atoms with E-state index in [0.717, 1.165) is 0 Å². The van der Waals surface area contributed by atoms with Gasteiger partial charge in [0.25, 0.3) is 0 Å². The Morgan fingerprint density at radius 1 is 1.47 bits per heavy atom. The van der Waals surface area contributed by atoms with Crippen molar-refractivity contribution >= 4 is 26.0 Å². The van der Waals surface area contributed by atoms with Crippen LogP contribution in [0.2, 0.25) is 0 Å². The van der Waals surface area contributed by atoms with Crippen LogP contribution in [0.3, 0.4) is 0 Å². The summed E-state index contributed by atoms with van der Waals surface area (Å²) in [4.78, 5) is -0.305. The molecule has 1 aromatic rings. The van der Waals surface area contributed by atoms with E-state index in [0.29, 0.717) is 13.0 Å². The van der Waals surface area contributed by atoms with E-state index in [2.05, 4.69) is 15.9 Å². The van der Waals surface area contributed by atoms with Crippen LogP contribution < -0.4 is 5.73 Å². The van der Waals surface area contributed by atoms with E-state index in [1.807, 2.05) is 0 Å². The number of nitrogens with zero attached hydrogens (tertiary/aromatic N) is 1. The number of hydrogen-bond donors (Lipinski definition) is 1. The highest BCUT2D eigenvalue weighted by Gasteiger charge is 2.33. The van der Waals surface area contributed by atoms with Gasteiger partial charge in [0.2, 0.25) is 10.0 Å². The Morgan fingerprint density at radius 2 is 2.18 bits per heavy atom. The molecule has 1 aromatic carbocycles. The number of sulfonamides is 1. The molecule has 94 valence electrons. The third-order valence-electron chi connectivity index (χ3n) is 2.72. The van der Waals surface area contributed by atoms with Crippen molar-refractivity contribution in [1.29, 1.82) is 0 Å². The summed E-state index contributed by atoms with van der Waals surface area (Å²) >= 11 is 2.98. The van der Waals surface area contributed by atoms with E-state index in [1.165, 1.54) is 22.5 Å². The Bertz CT molecular complexity index is 535. The minimum Gasteiger partial charge on any atom is -0.326 e. The smallest absolute Gasteiger partial charge is 0.246 e. The van der Waals surface area contributed by atoms with Crippen LogP contribution in [-0.4, -0.2) is 31.9 Å². The lowest BCUT2D eigenvalue weighted by atomic mass is 10.3. The van der Waals surface area contributed by atoms with Gasteiger partial charge in [-0.05, 0) is 34.5 Å². The minimum atomic E-state index is -3.78. The molecule has 2 N–H and O–H groups in total. The molecule has 1 fully saturated rings. The summed E-state index contributed by atoms with van der Waals surface area (Å²) in [5, 5.41) is 0. The van der Waals surface area contributed by atoms with Gasteiger partial charge in [0.15, 0.2) is 5.82 Å². The predicted octanol–water partition coefficient (Wildman–Crippen LogP) is 1.31. The Hall–Kier alpha value is -0.500. The zero-order valence-electron chi connectivity index (χ0n) is 8.94. The molecule has 17 heavy (non-hydrogen) atoms. The van der Waals surface area contributed by atoms with Gasteiger partial charge in [-0.3, -0.25) is 0 Å². The number of nitrogens with two attached hydrogens (primary N) is 1. The Balaban J connectivity index is 2.42. The topological polar surface area (TPSA) is 63.4 Å². The van der Waals surface area contributed by atoms with Crippen LogP contribution >= 0.6 is 15.9 Å². The molecule has 1 aliphatic heterocycles. The molecule has 0 radical (unpaired) electrons. The third kappa shape index (κ3) is 2.37. The average molecular weight is 323 g/mol. The summed E-state index contributed by atoms with van der Waals surface area (Å²) in [5.41, 5.74) is 5.66. The van der Waals surface area contributed by atoms with Crippen molar-refractivity contribution < 1.29 is 12.8 Å². The van der Waals surface area contributed by atoms with Crippen molar-refractivity contribution in [1.82, 2.24) is 4.31 Å². The molecule has 0 aromatic heterocycles. The summed E-state index contributed by atoms with van der Waals surface area (Å²) in [6.07, 6.45) is 0.606. The van der Waals surface area contributed by atoms with Gasteiger partial charge in [-0.1, -0.05) is 6.07 Å². The zero-order valence-corrected chi connectivity index (χ0v) is 11.3. The predicted molar refractivity (Wildman–Crippen MR) is 65.5 cm³/mol. The largest absolute Gasteiger partial charge is 0.326 e. The van der Waals surface area contributed by atoms with Gasteiger partial charge in [-0.2, -0.15) is 4.31 Å². The first kappa shape index (κ1) is 12.9. The first-order chi connectivity index (χ1) is 7.93. The highest BCUT2D eigenvalue weighted by Crippen LogP contribution is 2.26. The molecule has 0 amide bonds. The van der Waals surface area contributed by atoms with E-state index in [9.17, 15) is 12.8 Å². The maximum absolute atomic E-state index is 13.8. The SMILES string of the molecule is N[C@@H]1CCN(S(=O)(=O)c2cccc(Br)c2F)C1. The van der Waals surface area contributed by atoms with Crippen LogP contribution in [0.4, 0.5) is 4.39 Å². The molecule has 7 heteroatoms. The fraction of sp³-hybridized carbons (Fsp3) is 0.400. The quantitative estimate of drug-likeness (QED) is 0.893. The summed E-state index contributed by atoms with van der Waals surface area (Å²) in [5.74, 6) is -0.757. The first-order valence-electron chi connectivity index (χ1n) is 5.12. The second-order valence-electron chi connectivity index (χ2n) is 3.96. The number of rotatable bonds is 2. The van der Waals surface area contributed by atoms with E-state index < -0.39 is 15.8 Å². The lowest BCUT2D eigenvalue weighted by Crippen LogP contribution is -2.32.